The molecular weight excluding hydrogens is 194 g/mol. The number of aromatic nitrogens is 1. The molecule has 0 aliphatic rings. The maximum absolute atomic E-state index is 11.6. The second-order valence-corrected chi connectivity index (χ2v) is 3.28. The minimum absolute atomic E-state index is 0.0502. The maximum atomic E-state index is 11.6. The van der Waals surface area contributed by atoms with Crippen molar-refractivity contribution in [3.63, 3.8) is 0 Å². The van der Waals surface area contributed by atoms with E-state index in [9.17, 15) is 4.79 Å². The van der Waals surface area contributed by atoms with Crippen LogP contribution in [0.25, 0.3) is 0 Å². The molecule has 0 saturated carbocycles. The van der Waals surface area contributed by atoms with Gasteiger partial charge in [-0.25, -0.2) is 4.98 Å². The normalized spacial score (nSPS) is 12.1. The van der Waals surface area contributed by atoms with Crippen molar-refractivity contribution >= 4 is 11.7 Å². The summed E-state index contributed by atoms with van der Waals surface area (Å²) in [5, 5.41) is 2.74. The monoisotopic (exact) mass is 209 g/mol. The molecule has 0 aliphatic carbocycles. The molecule has 15 heavy (non-hydrogen) atoms. The molecule has 1 rings (SSSR count). The van der Waals surface area contributed by atoms with Gasteiger partial charge in [0.05, 0.1) is 6.61 Å². The summed E-state index contributed by atoms with van der Waals surface area (Å²) in [6, 6.07) is 4.89. The highest BCUT2D eigenvalue weighted by atomic mass is 16.5. The van der Waals surface area contributed by atoms with E-state index in [-0.39, 0.29) is 11.9 Å². The van der Waals surface area contributed by atoms with Gasteiger partial charge in [-0.05, 0) is 19.1 Å². The van der Waals surface area contributed by atoms with E-state index < -0.39 is 0 Å². The Balaban J connectivity index is 2.61. The summed E-state index contributed by atoms with van der Waals surface area (Å²) in [5.74, 6) is 0.0916. The van der Waals surface area contributed by atoms with Crippen LogP contribution in [0, 0.1) is 0 Å². The number of hydrogen-bond donors (Lipinski definition) is 2. The van der Waals surface area contributed by atoms with Gasteiger partial charge in [0, 0.05) is 13.2 Å². The largest absolute Gasteiger partial charge is 0.384 e. The average molecular weight is 209 g/mol. The van der Waals surface area contributed by atoms with Crippen LogP contribution in [-0.2, 0) is 4.74 Å². The molecule has 0 unspecified atom stereocenters. The molecule has 1 aromatic rings. The highest BCUT2D eigenvalue weighted by Gasteiger charge is 2.10. The molecular formula is C10H15N3O2. The number of hydrogen-bond acceptors (Lipinski definition) is 4. The smallest absolute Gasteiger partial charge is 0.270 e. The van der Waals surface area contributed by atoms with Crippen molar-refractivity contribution in [1.29, 1.82) is 0 Å². The van der Waals surface area contributed by atoms with Gasteiger partial charge in [-0.2, -0.15) is 0 Å². The van der Waals surface area contributed by atoms with Gasteiger partial charge >= 0.3 is 0 Å². The third kappa shape index (κ3) is 3.55. The van der Waals surface area contributed by atoms with E-state index in [0.29, 0.717) is 18.1 Å². The Bertz CT molecular complexity index is 341. The number of carbonyl (C=O) groups excluding carboxylic acids is 1. The minimum Gasteiger partial charge on any atom is -0.384 e. The van der Waals surface area contributed by atoms with Crippen LogP contribution in [0.15, 0.2) is 18.2 Å². The lowest BCUT2D eigenvalue weighted by molar-refractivity contribution is 0.0900. The van der Waals surface area contributed by atoms with E-state index in [1.807, 2.05) is 6.92 Å². The molecule has 0 saturated heterocycles. The summed E-state index contributed by atoms with van der Waals surface area (Å²) in [6.45, 7) is 2.32. The number of anilines is 1. The number of amides is 1. The molecule has 0 aliphatic heterocycles. The Morgan fingerprint density at radius 1 is 1.67 bits per heavy atom. The van der Waals surface area contributed by atoms with Gasteiger partial charge in [0.15, 0.2) is 0 Å². The minimum atomic E-state index is -0.244. The van der Waals surface area contributed by atoms with E-state index in [1.165, 1.54) is 0 Å². The van der Waals surface area contributed by atoms with Crippen LogP contribution in [0.2, 0.25) is 0 Å². The second-order valence-electron chi connectivity index (χ2n) is 3.28. The van der Waals surface area contributed by atoms with Gasteiger partial charge in [-0.15, -0.1) is 0 Å². The Morgan fingerprint density at radius 3 is 3.00 bits per heavy atom. The summed E-state index contributed by atoms with van der Waals surface area (Å²) in [4.78, 5) is 15.5. The summed E-state index contributed by atoms with van der Waals surface area (Å²) >= 11 is 0. The molecule has 5 nitrogen and oxygen atoms in total. The molecule has 0 radical (unpaired) electrons. The van der Waals surface area contributed by atoms with Gasteiger partial charge in [-0.3, -0.25) is 4.79 Å². The predicted octanol–water partition coefficient (Wildman–Crippen LogP) is 0.429. The van der Waals surface area contributed by atoms with Crippen LogP contribution in [0.1, 0.15) is 17.4 Å². The first-order valence-electron chi connectivity index (χ1n) is 4.66. The fourth-order valence-corrected chi connectivity index (χ4v) is 1.17. The Hall–Kier alpha value is -1.62. The van der Waals surface area contributed by atoms with Crippen LogP contribution in [0.5, 0.6) is 0 Å². The third-order valence-corrected chi connectivity index (χ3v) is 1.80. The average Bonchev–Trinajstić information content (AvgIpc) is 2.18. The highest BCUT2D eigenvalue weighted by molar-refractivity contribution is 5.92. The molecule has 0 spiro atoms. The molecule has 5 heteroatoms. The van der Waals surface area contributed by atoms with E-state index in [0.717, 1.165) is 0 Å². The molecule has 0 aromatic carbocycles. The zero-order valence-electron chi connectivity index (χ0n) is 8.86. The molecule has 0 fully saturated rings. The van der Waals surface area contributed by atoms with Crippen molar-refractivity contribution in [3.05, 3.63) is 23.9 Å². The number of nitrogens with two attached hydrogens (primary N) is 1. The van der Waals surface area contributed by atoms with Gasteiger partial charge < -0.3 is 15.8 Å². The zero-order chi connectivity index (χ0) is 11.3. The summed E-state index contributed by atoms with van der Waals surface area (Å²) in [5.41, 5.74) is 5.79. The number of methoxy groups -OCH3 is 1. The fraction of sp³-hybridized carbons (Fsp3) is 0.400. The van der Waals surface area contributed by atoms with Crippen LogP contribution < -0.4 is 11.1 Å². The van der Waals surface area contributed by atoms with Crippen molar-refractivity contribution in [2.45, 2.75) is 13.0 Å². The van der Waals surface area contributed by atoms with E-state index >= 15 is 0 Å². The lowest BCUT2D eigenvalue weighted by Crippen LogP contribution is -2.36. The Morgan fingerprint density at radius 2 is 2.40 bits per heavy atom. The van der Waals surface area contributed by atoms with E-state index in [4.69, 9.17) is 10.5 Å². The van der Waals surface area contributed by atoms with Gasteiger partial charge in [-0.1, -0.05) is 6.07 Å². The van der Waals surface area contributed by atoms with E-state index in [1.54, 1.807) is 25.3 Å². The molecule has 0 bridgehead atoms. The summed E-state index contributed by atoms with van der Waals surface area (Å²) < 4.78 is 4.90. The molecule has 1 atom stereocenters. The molecule has 1 aromatic heterocycles. The third-order valence-electron chi connectivity index (χ3n) is 1.80. The van der Waals surface area contributed by atoms with Crippen LogP contribution in [0.4, 0.5) is 5.82 Å². The number of nitrogens with one attached hydrogen (secondary N) is 1. The van der Waals surface area contributed by atoms with Gasteiger partial charge in [0.25, 0.3) is 5.91 Å². The van der Waals surface area contributed by atoms with Crippen molar-refractivity contribution < 1.29 is 9.53 Å². The topological polar surface area (TPSA) is 77.2 Å². The van der Waals surface area contributed by atoms with E-state index in [2.05, 4.69) is 10.3 Å². The van der Waals surface area contributed by atoms with Crippen LogP contribution in [0.3, 0.4) is 0 Å². The van der Waals surface area contributed by atoms with Crippen molar-refractivity contribution in [1.82, 2.24) is 10.3 Å². The van der Waals surface area contributed by atoms with Gasteiger partial charge in [0.2, 0.25) is 0 Å². The first-order valence-corrected chi connectivity index (χ1v) is 4.66. The SMILES string of the molecule is COC[C@@H](C)NC(=O)c1cccc(N)n1. The fourth-order valence-electron chi connectivity index (χ4n) is 1.17. The molecule has 1 amide bonds. The van der Waals surface area contributed by atoms with Gasteiger partial charge in [0.1, 0.15) is 11.5 Å². The summed E-state index contributed by atoms with van der Waals surface area (Å²) in [6.07, 6.45) is 0. The molecule has 82 valence electrons. The number of rotatable bonds is 4. The van der Waals surface area contributed by atoms with Crippen molar-refractivity contribution in [2.75, 3.05) is 19.5 Å². The second kappa shape index (κ2) is 5.31. The van der Waals surface area contributed by atoms with Crippen LogP contribution >= 0.6 is 0 Å². The Kier molecular flexibility index (Phi) is 4.05. The molecule has 1 heterocycles. The standard InChI is InChI=1S/C10H15N3O2/c1-7(6-15-2)12-10(14)8-4-3-5-9(11)13-8/h3-5,7H,6H2,1-2H3,(H2,11,13)(H,12,14)/t7-/m1/s1. The molecule has 3 N–H and O–H groups in total. The number of nitrogen functional groups attached to an aromatic ring is 1. The maximum Gasteiger partial charge on any atom is 0.270 e. The lowest BCUT2D eigenvalue weighted by atomic mass is 10.3. The lowest BCUT2D eigenvalue weighted by Gasteiger charge is -2.12. The Labute approximate surface area is 88.6 Å². The first-order chi connectivity index (χ1) is 7.13. The van der Waals surface area contributed by atoms with Crippen molar-refractivity contribution in [3.8, 4) is 0 Å². The summed E-state index contributed by atoms with van der Waals surface area (Å²) in [7, 11) is 1.58. The van der Waals surface area contributed by atoms with Crippen LogP contribution in [-0.4, -0.2) is 30.6 Å². The number of ether oxygens (including phenoxy) is 1. The highest BCUT2D eigenvalue weighted by Crippen LogP contribution is 2.00. The zero-order valence-corrected chi connectivity index (χ0v) is 8.86. The first kappa shape index (κ1) is 11.5. The number of nitrogens with zero attached hydrogens (tertiary/aromatic N) is 1. The number of pyridine rings is 1. The quantitative estimate of drug-likeness (QED) is 0.753. The predicted molar refractivity (Wildman–Crippen MR) is 57.5 cm³/mol. The van der Waals surface area contributed by atoms with Crippen molar-refractivity contribution in [2.24, 2.45) is 0 Å². The number of carbonyl (C=O) groups is 1.